The largest absolute Gasteiger partial charge is 0.492 e. The Morgan fingerprint density at radius 1 is 1.16 bits per heavy atom. The molecule has 0 radical (unpaired) electrons. The Balaban J connectivity index is 1.20. The first-order valence-electron chi connectivity index (χ1n) is 8.26. The van der Waals surface area contributed by atoms with Crippen LogP contribution in [0.25, 0.3) is 0 Å². The molecule has 4 rings (SSSR count). The summed E-state index contributed by atoms with van der Waals surface area (Å²) < 4.78 is 16.2. The number of hydrogen-bond acceptors (Lipinski definition) is 4. The molecule has 2 aliphatic rings. The minimum Gasteiger partial charge on any atom is -0.492 e. The molecule has 25 heavy (non-hydrogen) atoms. The van der Waals surface area contributed by atoms with Crippen molar-refractivity contribution in [3.63, 3.8) is 0 Å². The van der Waals surface area contributed by atoms with Crippen molar-refractivity contribution in [2.45, 2.75) is 12.3 Å². The molecule has 6 heteroatoms. The molecular weight excluding hydrogens is 342 g/mol. The van der Waals surface area contributed by atoms with E-state index in [2.05, 4.69) is 5.32 Å². The van der Waals surface area contributed by atoms with Gasteiger partial charge in [-0.3, -0.25) is 4.79 Å². The molecule has 1 aliphatic carbocycles. The van der Waals surface area contributed by atoms with Gasteiger partial charge in [0.2, 0.25) is 12.7 Å². The Bertz CT molecular complexity index is 777. The smallest absolute Gasteiger partial charge is 0.231 e. The van der Waals surface area contributed by atoms with Crippen LogP contribution >= 0.6 is 11.6 Å². The third-order valence-corrected chi connectivity index (χ3v) is 4.69. The van der Waals surface area contributed by atoms with Gasteiger partial charge in [-0.2, -0.15) is 0 Å². The molecule has 1 N–H and O–H groups in total. The molecule has 2 atom stereocenters. The summed E-state index contributed by atoms with van der Waals surface area (Å²) in [7, 11) is 0. The minimum atomic E-state index is 0.0479. The van der Waals surface area contributed by atoms with E-state index in [1.165, 1.54) is 5.56 Å². The van der Waals surface area contributed by atoms with Crippen LogP contribution in [0.3, 0.4) is 0 Å². The lowest BCUT2D eigenvalue weighted by Crippen LogP contribution is -2.29. The second kappa shape index (κ2) is 6.84. The molecule has 0 saturated heterocycles. The fraction of sp³-hybridized carbons (Fsp3) is 0.316. The predicted octanol–water partition coefficient (Wildman–Crippen LogP) is 3.37. The van der Waals surface area contributed by atoms with Crippen molar-refractivity contribution >= 4 is 17.5 Å². The molecule has 2 aromatic rings. The number of carbonyl (C=O) groups is 1. The summed E-state index contributed by atoms with van der Waals surface area (Å²) in [4.78, 5) is 12.2. The zero-order valence-corrected chi connectivity index (χ0v) is 14.3. The first-order valence-corrected chi connectivity index (χ1v) is 8.64. The fourth-order valence-electron chi connectivity index (χ4n) is 3.00. The Hall–Kier alpha value is -2.40. The Labute approximate surface area is 150 Å². The second-order valence-electron chi connectivity index (χ2n) is 6.15. The Morgan fingerprint density at radius 2 is 1.96 bits per heavy atom. The number of fused-ring (bicyclic) bond motifs is 1. The highest BCUT2D eigenvalue weighted by atomic mass is 35.5. The molecule has 1 aliphatic heterocycles. The summed E-state index contributed by atoms with van der Waals surface area (Å²) in [5, 5.41) is 3.65. The van der Waals surface area contributed by atoms with Crippen molar-refractivity contribution in [1.29, 1.82) is 0 Å². The van der Waals surface area contributed by atoms with Gasteiger partial charge in [0.1, 0.15) is 12.4 Å². The van der Waals surface area contributed by atoms with Crippen molar-refractivity contribution in [2.75, 3.05) is 19.9 Å². The van der Waals surface area contributed by atoms with Crippen molar-refractivity contribution in [2.24, 2.45) is 5.92 Å². The number of ether oxygens (including phenoxy) is 3. The van der Waals surface area contributed by atoms with Gasteiger partial charge in [0.25, 0.3) is 0 Å². The Morgan fingerprint density at radius 3 is 2.80 bits per heavy atom. The van der Waals surface area contributed by atoms with Crippen LogP contribution in [0.4, 0.5) is 0 Å². The van der Waals surface area contributed by atoms with E-state index in [1.807, 2.05) is 36.4 Å². The predicted molar refractivity (Wildman–Crippen MR) is 93.4 cm³/mol. The average molecular weight is 360 g/mol. The van der Waals surface area contributed by atoms with Crippen LogP contribution in [0.5, 0.6) is 17.2 Å². The van der Waals surface area contributed by atoms with Crippen LogP contribution in [0.1, 0.15) is 17.9 Å². The highest BCUT2D eigenvalue weighted by molar-refractivity contribution is 6.30. The summed E-state index contributed by atoms with van der Waals surface area (Å²) in [6.45, 7) is 1.12. The lowest BCUT2D eigenvalue weighted by Gasteiger charge is -2.08. The van der Waals surface area contributed by atoms with E-state index in [4.69, 9.17) is 25.8 Å². The van der Waals surface area contributed by atoms with Gasteiger partial charge in [0.15, 0.2) is 11.5 Å². The topological polar surface area (TPSA) is 56.8 Å². The first-order chi connectivity index (χ1) is 12.2. The van der Waals surface area contributed by atoms with E-state index < -0.39 is 0 Å². The number of nitrogens with one attached hydrogen (secondary N) is 1. The van der Waals surface area contributed by atoms with Crippen molar-refractivity contribution in [3.05, 3.63) is 53.1 Å². The van der Waals surface area contributed by atoms with Gasteiger partial charge >= 0.3 is 0 Å². The molecule has 0 aromatic heterocycles. The van der Waals surface area contributed by atoms with Gasteiger partial charge in [-0.05, 0) is 42.2 Å². The number of hydrogen-bond donors (Lipinski definition) is 1. The summed E-state index contributed by atoms with van der Waals surface area (Å²) in [5.74, 6) is 2.53. The van der Waals surface area contributed by atoms with Gasteiger partial charge in [-0.1, -0.05) is 23.7 Å². The molecule has 1 heterocycles. The fourth-order valence-corrected chi connectivity index (χ4v) is 3.13. The first kappa shape index (κ1) is 16.1. The van der Waals surface area contributed by atoms with Crippen LogP contribution in [0, 0.1) is 5.92 Å². The third kappa shape index (κ3) is 3.66. The maximum Gasteiger partial charge on any atom is 0.231 e. The molecule has 1 amide bonds. The molecule has 1 fully saturated rings. The normalized spacial score (nSPS) is 20.2. The molecule has 0 spiro atoms. The number of benzene rings is 2. The van der Waals surface area contributed by atoms with Crippen LogP contribution in [0.2, 0.25) is 5.02 Å². The van der Waals surface area contributed by atoms with Crippen LogP contribution in [-0.2, 0) is 4.79 Å². The maximum atomic E-state index is 12.2. The van der Waals surface area contributed by atoms with E-state index >= 15 is 0 Å². The summed E-state index contributed by atoms with van der Waals surface area (Å²) in [5.41, 5.74) is 1.17. The molecular formula is C19H18ClNO4. The lowest BCUT2D eigenvalue weighted by atomic mass is 10.1. The van der Waals surface area contributed by atoms with E-state index in [-0.39, 0.29) is 18.6 Å². The van der Waals surface area contributed by atoms with Crippen LogP contribution < -0.4 is 19.5 Å². The van der Waals surface area contributed by atoms with Gasteiger partial charge in [-0.15, -0.1) is 0 Å². The zero-order valence-electron chi connectivity index (χ0n) is 13.5. The van der Waals surface area contributed by atoms with Crippen molar-refractivity contribution in [1.82, 2.24) is 5.32 Å². The number of amides is 1. The SMILES string of the molecule is O=C(NCCOc1ccc2c(c1)OCO2)C1CC1c1ccc(Cl)cc1. The van der Waals surface area contributed by atoms with Gasteiger partial charge in [0.05, 0.1) is 6.54 Å². The summed E-state index contributed by atoms with van der Waals surface area (Å²) in [6.07, 6.45) is 0.885. The minimum absolute atomic E-state index is 0.0479. The molecule has 1 saturated carbocycles. The zero-order chi connectivity index (χ0) is 17.2. The Kier molecular flexibility index (Phi) is 4.40. The van der Waals surface area contributed by atoms with Gasteiger partial charge in [-0.25, -0.2) is 0 Å². The number of rotatable bonds is 6. The molecule has 2 unspecified atom stereocenters. The average Bonchev–Trinajstić information content (AvgIpc) is 3.29. The molecule has 2 aromatic carbocycles. The number of carbonyl (C=O) groups excluding carboxylic acids is 1. The van der Waals surface area contributed by atoms with Gasteiger partial charge in [0, 0.05) is 17.0 Å². The van der Waals surface area contributed by atoms with E-state index in [0.717, 1.165) is 12.2 Å². The number of halogens is 1. The van der Waals surface area contributed by atoms with Crippen LogP contribution in [-0.4, -0.2) is 25.9 Å². The maximum absolute atomic E-state index is 12.2. The van der Waals surface area contributed by atoms with E-state index in [1.54, 1.807) is 6.07 Å². The highest BCUT2D eigenvalue weighted by Gasteiger charge is 2.43. The summed E-state index contributed by atoms with van der Waals surface area (Å²) in [6, 6.07) is 13.1. The standard InChI is InChI=1S/C19H18ClNO4/c20-13-3-1-12(2-4-13)15-10-16(15)19(22)21-7-8-23-14-5-6-17-18(9-14)25-11-24-17/h1-6,9,15-16H,7-8,10-11H2,(H,21,22). The van der Waals surface area contributed by atoms with E-state index in [0.29, 0.717) is 35.6 Å². The molecule has 130 valence electrons. The quantitative estimate of drug-likeness (QED) is 0.803. The molecule has 5 nitrogen and oxygen atoms in total. The van der Waals surface area contributed by atoms with E-state index in [9.17, 15) is 4.79 Å². The van der Waals surface area contributed by atoms with Crippen molar-refractivity contribution in [3.8, 4) is 17.2 Å². The molecule has 0 bridgehead atoms. The second-order valence-corrected chi connectivity index (χ2v) is 6.59. The van der Waals surface area contributed by atoms with Gasteiger partial charge < -0.3 is 19.5 Å². The third-order valence-electron chi connectivity index (χ3n) is 4.44. The van der Waals surface area contributed by atoms with Crippen LogP contribution in [0.15, 0.2) is 42.5 Å². The highest BCUT2D eigenvalue weighted by Crippen LogP contribution is 2.47. The lowest BCUT2D eigenvalue weighted by molar-refractivity contribution is -0.122. The monoisotopic (exact) mass is 359 g/mol. The summed E-state index contributed by atoms with van der Waals surface area (Å²) >= 11 is 5.89. The van der Waals surface area contributed by atoms with Crippen molar-refractivity contribution < 1.29 is 19.0 Å².